The fourth-order valence-electron chi connectivity index (χ4n) is 2.24. The third-order valence-electron chi connectivity index (χ3n) is 3.45. The quantitative estimate of drug-likeness (QED) is 0.867. The molecule has 0 bridgehead atoms. The van der Waals surface area contributed by atoms with Crippen LogP contribution in [0.2, 0.25) is 0 Å². The third kappa shape index (κ3) is 4.89. The first-order valence-electron chi connectivity index (χ1n) is 7.15. The molecule has 0 aliphatic carbocycles. The Labute approximate surface area is 125 Å². The molecule has 0 radical (unpaired) electrons. The van der Waals surface area contributed by atoms with Crippen LogP contribution in [0.25, 0.3) is 0 Å². The molecule has 20 heavy (non-hydrogen) atoms. The number of amides is 2. The molecule has 1 unspecified atom stereocenters. The molecule has 6 heteroatoms. The zero-order chi connectivity index (χ0) is 15.3. The van der Waals surface area contributed by atoms with Crippen LogP contribution in [0.3, 0.4) is 0 Å². The van der Waals surface area contributed by atoms with Crippen LogP contribution in [0.4, 0.5) is 4.79 Å². The van der Waals surface area contributed by atoms with Crippen molar-refractivity contribution in [2.45, 2.75) is 51.3 Å². The van der Waals surface area contributed by atoms with Crippen molar-refractivity contribution in [1.82, 2.24) is 9.80 Å². The van der Waals surface area contributed by atoms with Crippen molar-refractivity contribution in [3.8, 4) is 0 Å². The lowest BCUT2D eigenvalue weighted by Gasteiger charge is -2.41. The highest BCUT2D eigenvalue weighted by molar-refractivity contribution is 8.00. The van der Waals surface area contributed by atoms with Gasteiger partial charge in [-0.2, -0.15) is 11.8 Å². The van der Waals surface area contributed by atoms with Crippen molar-refractivity contribution in [3.63, 3.8) is 0 Å². The van der Waals surface area contributed by atoms with Gasteiger partial charge in [-0.25, -0.2) is 4.79 Å². The van der Waals surface area contributed by atoms with Crippen LogP contribution in [0.5, 0.6) is 0 Å². The van der Waals surface area contributed by atoms with Gasteiger partial charge < -0.3 is 14.9 Å². The summed E-state index contributed by atoms with van der Waals surface area (Å²) in [5.74, 6) is 0.0916. The van der Waals surface area contributed by atoms with E-state index in [4.69, 9.17) is 5.11 Å². The van der Waals surface area contributed by atoms with E-state index in [0.29, 0.717) is 5.25 Å². The van der Waals surface area contributed by atoms with Gasteiger partial charge in [0.15, 0.2) is 0 Å². The second-order valence-electron chi connectivity index (χ2n) is 6.10. The molecule has 0 aromatic carbocycles. The van der Waals surface area contributed by atoms with Crippen LogP contribution in [-0.2, 0) is 4.79 Å². The number of carboxylic acid groups (broad SMARTS) is 1. The smallest absolute Gasteiger partial charge is 0.320 e. The standard InChI is InChI=1S/C14H26N2O3S/c1-5-11-10-15(8-9-20-11)13(19)16(14(2,3)4)7-6-12(17)18/h11H,5-10H2,1-4H3,(H,17,18). The lowest BCUT2D eigenvalue weighted by molar-refractivity contribution is -0.137. The van der Waals surface area contributed by atoms with E-state index in [9.17, 15) is 9.59 Å². The molecule has 5 nitrogen and oxygen atoms in total. The van der Waals surface area contributed by atoms with Gasteiger partial charge in [0.2, 0.25) is 0 Å². The molecule has 1 aliphatic rings. The second-order valence-corrected chi connectivity index (χ2v) is 7.50. The van der Waals surface area contributed by atoms with Gasteiger partial charge >= 0.3 is 12.0 Å². The topological polar surface area (TPSA) is 60.9 Å². The predicted octanol–water partition coefficient (Wildman–Crippen LogP) is 2.51. The van der Waals surface area contributed by atoms with Crippen molar-refractivity contribution in [2.75, 3.05) is 25.4 Å². The van der Waals surface area contributed by atoms with Gasteiger partial charge in [0.05, 0.1) is 6.42 Å². The number of urea groups is 1. The number of thioether (sulfide) groups is 1. The Morgan fingerprint density at radius 1 is 1.40 bits per heavy atom. The van der Waals surface area contributed by atoms with Crippen molar-refractivity contribution in [1.29, 1.82) is 0 Å². The number of hydrogen-bond donors (Lipinski definition) is 1. The van der Waals surface area contributed by atoms with Crippen LogP contribution < -0.4 is 0 Å². The molecule has 2 amide bonds. The number of hydrogen-bond acceptors (Lipinski definition) is 3. The molecule has 0 spiro atoms. The maximum Gasteiger partial charge on any atom is 0.320 e. The number of carbonyl (C=O) groups is 2. The molecule has 1 saturated heterocycles. The van der Waals surface area contributed by atoms with Crippen LogP contribution >= 0.6 is 11.8 Å². The van der Waals surface area contributed by atoms with Gasteiger partial charge in [-0.15, -0.1) is 0 Å². The first-order chi connectivity index (χ1) is 9.25. The van der Waals surface area contributed by atoms with E-state index in [0.717, 1.165) is 25.3 Å². The average molecular weight is 302 g/mol. The van der Waals surface area contributed by atoms with Gasteiger partial charge in [0.25, 0.3) is 0 Å². The Bertz CT molecular complexity index is 355. The summed E-state index contributed by atoms with van der Waals surface area (Å²) in [4.78, 5) is 27.0. The van der Waals surface area contributed by atoms with E-state index in [2.05, 4.69) is 6.92 Å². The van der Waals surface area contributed by atoms with Crippen LogP contribution in [0, 0.1) is 0 Å². The predicted molar refractivity (Wildman–Crippen MR) is 82.2 cm³/mol. The molecule has 0 aromatic heterocycles. The van der Waals surface area contributed by atoms with Crippen LogP contribution in [-0.4, -0.2) is 63.1 Å². The first-order valence-corrected chi connectivity index (χ1v) is 8.20. The zero-order valence-corrected chi connectivity index (χ0v) is 13.7. The fourth-order valence-corrected chi connectivity index (χ4v) is 3.42. The summed E-state index contributed by atoms with van der Waals surface area (Å²) in [5, 5.41) is 9.34. The molecular formula is C14H26N2O3S. The molecular weight excluding hydrogens is 276 g/mol. The summed E-state index contributed by atoms with van der Waals surface area (Å²) < 4.78 is 0. The zero-order valence-electron chi connectivity index (χ0n) is 12.9. The minimum Gasteiger partial charge on any atom is -0.481 e. The summed E-state index contributed by atoms with van der Waals surface area (Å²) >= 11 is 1.92. The van der Waals surface area contributed by atoms with Gasteiger partial charge in [-0.1, -0.05) is 6.92 Å². The molecule has 1 heterocycles. The van der Waals surface area contributed by atoms with E-state index < -0.39 is 5.97 Å². The normalized spacial score (nSPS) is 19.8. The number of rotatable bonds is 4. The van der Waals surface area contributed by atoms with Gasteiger partial charge in [-0.05, 0) is 27.2 Å². The van der Waals surface area contributed by atoms with Crippen molar-refractivity contribution in [2.24, 2.45) is 0 Å². The average Bonchev–Trinajstić information content (AvgIpc) is 2.36. The number of carbonyl (C=O) groups excluding carboxylic acids is 1. The van der Waals surface area contributed by atoms with E-state index in [-0.39, 0.29) is 24.5 Å². The van der Waals surface area contributed by atoms with Crippen LogP contribution in [0.1, 0.15) is 40.5 Å². The van der Waals surface area contributed by atoms with Crippen LogP contribution in [0.15, 0.2) is 0 Å². The monoisotopic (exact) mass is 302 g/mol. The Hall–Kier alpha value is -0.910. The van der Waals surface area contributed by atoms with E-state index in [1.54, 1.807) is 4.90 Å². The van der Waals surface area contributed by atoms with Crippen molar-refractivity contribution in [3.05, 3.63) is 0 Å². The SMILES string of the molecule is CCC1CN(C(=O)N(CCC(=O)O)C(C)(C)C)CCS1. The highest BCUT2D eigenvalue weighted by Crippen LogP contribution is 2.24. The Morgan fingerprint density at radius 3 is 2.55 bits per heavy atom. The molecule has 1 N–H and O–H groups in total. The Kier molecular flexibility index (Phi) is 6.17. The largest absolute Gasteiger partial charge is 0.481 e. The molecule has 1 rings (SSSR count). The molecule has 116 valence electrons. The number of nitrogens with zero attached hydrogens (tertiary/aromatic N) is 2. The molecule has 1 atom stereocenters. The highest BCUT2D eigenvalue weighted by atomic mass is 32.2. The lowest BCUT2D eigenvalue weighted by Crippen LogP contribution is -2.55. The fraction of sp³-hybridized carbons (Fsp3) is 0.857. The van der Waals surface area contributed by atoms with Gasteiger partial charge in [0, 0.05) is 36.2 Å². The van der Waals surface area contributed by atoms with Gasteiger partial charge in [-0.3, -0.25) is 4.79 Å². The lowest BCUT2D eigenvalue weighted by atomic mass is 10.1. The Morgan fingerprint density at radius 2 is 2.05 bits per heavy atom. The summed E-state index contributed by atoms with van der Waals surface area (Å²) in [5.41, 5.74) is -0.362. The summed E-state index contributed by atoms with van der Waals surface area (Å²) in [6, 6.07) is -0.0301. The van der Waals surface area contributed by atoms with Crippen molar-refractivity contribution < 1.29 is 14.7 Å². The number of carboxylic acids is 1. The minimum absolute atomic E-state index is 0.0111. The summed E-state index contributed by atoms with van der Waals surface area (Å²) in [6.07, 6.45) is 1.04. The minimum atomic E-state index is -0.868. The van der Waals surface area contributed by atoms with Crippen molar-refractivity contribution >= 4 is 23.8 Å². The maximum absolute atomic E-state index is 12.7. The van der Waals surface area contributed by atoms with E-state index >= 15 is 0 Å². The molecule has 0 aromatic rings. The summed E-state index contributed by atoms with van der Waals surface area (Å²) in [7, 11) is 0. The molecule has 1 aliphatic heterocycles. The molecule has 0 saturated carbocycles. The van der Waals surface area contributed by atoms with Gasteiger partial charge in [0.1, 0.15) is 0 Å². The van der Waals surface area contributed by atoms with E-state index in [1.807, 2.05) is 37.4 Å². The molecule has 1 fully saturated rings. The first kappa shape index (κ1) is 17.1. The third-order valence-corrected chi connectivity index (χ3v) is 4.83. The second kappa shape index (κ2) is 7.20. The Balaban J connectivity index is 2.74. The number of aliphatic carboxylic acids is 1. The highest BCUT2D eigenvalue weighted by Gasteiger charge is 2.32. The van der Waals surface area contributed by atoms with E-state index in [1.165, 1.54) is 0 Å². The maximum atomic E-state index is 12.7. The summed E-state index contributed by atoms with van der Waals surface area (Å²) in [6.45, 7) is 9.75.